The van der Waals surface area contributed by atoms with Crippen LogP contribution in [0.2, 0.25) is 0 Å². The van der Waals surface area contributed by atoms with Gasteiger partial charge in [-0.3, -0.25) is 0 Å². The van der Waals surface area contributed by atoms with E-state index in [0.29, 0.717) is 5.92 Å². The number of hydrogen-bond acceptors (Lipinski definition) is 5. The van der Waals surface area contributed by atoms with E-state index in [1.54, 1.807) is 17.7 Å². The Bertz CT molecular complexity index is 715. The predicted molar refractivity (Wildman–Crippen MR) is 82.2 cm³/mol. The summed E-state index contributed by atoms with van der Waals surface area (Å²) in [5, 5.41) is 4.35. The average Bonchev–Trinajstić information content (AvgIpc) is 3.05. The van der Waals surface area contributed by atoms with E-state index < -0.39 is 0 Å². The molecule has 0 saturated carbocycles. The fraction of sp³-hybridized carbons (Fsp3) is 0.357. The SMILES string of the molecule is CC(C)c1nc(CN(C)c2ncnc3[nH]ccc23)cs1. The van der Waals surface area contributed by atoms with Crippen molar-refractivity contribution < 1.29 is 0 Å². The Morgan fingerprint density at radius 2 is 2.20 bits per heavy atom. The summed E-state index contributed by atoms with van der Waals surface area (Å²) in [6.07, 6.45) is 3.47. The zero-order chi connectivity index (χ0) is 14.1. The topological polar surface area (TPSA) is 57.7 Å². The second kappa shape index (κ2) is 5.20. The third-order valence-electron chi connectivity index (χ3n) is 3.16. The minimum atomic E-state index is 0.481. The molecule has 5 nitrogen and oxygen atoms in total. The lowest BCUT2D eigenvalue weighted by Gasteiger charge is -2.17. The monoisotopic (exact) mass is 287 g/mol. The molecule has 1 N–H and O–H groups in total. The molecule has 0 aliphatic rings. The number of aromatic amines is 1. The second-order valence-electron chi connectivity index (χ2n) is 5.13. The molecule has 0 unspecified atom stereocenters. The molecule has 0 aliphatic heterocycles. The Morgan fingerprint density at radius 3 is 2.95 bits per heavy atom. The fourth-order valence-electron chi connectivity index (χ4n) is 2.14. The first kappa shape index (κ1) is 13.1. The number of anilines is 1. The van der Waals surface area contributed by atoms with E-state index in [1.807, 2.05) is 19.3 Å². The first-order valence-corrected chi connectivity index (χ1v) is 7.46. The summed E-state index contributed by atoms with van der Waals surface area (Å²) < 4.78 is 0. The quantitative estimate of drug-likeness (QED) is 0.800. The van der Waals surface area contributed by atoms with E-state index in [0.717, 1.165) is 29.1 Å². The molecule has 0 radical (unpaired) electrons. The van der Waals surface area contributed by atoms with Gasteiger partial charge in [0.25, 0.3) is 0 Å². The number of fused-ring (bicyclic) bond motifs is 1. The third kappa shape index (κ3) is 2.38. The normalized spacial score (nSPS) is 11.4. The van der Waals surface area contributed by atoms with Gasteiger partial charge in [0.05, 0.1) is 22.6 Å². The average molecular weight is 287 g/mol. The van der Waals surface area contributed by atoms with Gasteiger partial charge in [0.15, 0.2) is 0 Å². The van der Waals surface area contributed by atoms with Crippen LogP contribution in [0.1, 0.15) is 30.5 Å². The first-order valence-electron chi connectivity index (χ1n) is 6.58. The van der Waals surface area contributed by atoms with Crippen molar-refractivity contribution in [3.63, 3.8) is 0 Å². The van der Waals surface area contributed by atoms with Gasteiger partial charge < -0.3 is 9.88 Å². The van der Waals surface area contributed by atoms with Crippen molar-refractivity contribution in [2.24, 2.45) is 0 Å². The number of H-pyrrole nitrogens is 1. The Labute approximate surface area is 121 Å². The largest absolute Gasteiger partial charge is 0.353 e. The Balaban J connectivity index is 1.85. The van der Waals surface area contributed by atoms with Gasteiger partial charge in [-0.15, -0.1) is 11.3 Å². The first-order chi connectivity index (χ1) is 9.65. The number of hydrogen-bond donors (Lipinski definition) is 1. The van der Waals surface area contributed by atoms with E-state index in [4.69, 9.17) is 0 Å². The summed E-state index contributed by atoms with van der Waals surface area (Å²) in [6, 6.07) is 2.00. The Hall–Kier alpha value is -1.95. The molecule has 0 fully saturated rings. The van der Waals surface area contributed by atoms with Crippen molar-refractivity contribution in [2.75, 3.05) is 11.9 Å². The maximum Gasteiger partial charge on any atom is 0.142 e. The third-order valence-corrected chi connectivity index (χ3v) is 4.35. The van der Waals surface area contributed by atoms with Crippen LogP contribution in [0, 0.1) is 0 Å². The van der Waals surface area contributed by atoms with E-state index in [1.165, 1.54) is 5.01 Å². The Kier molecular flexibility index (Phi) is 3.40. The summed E-state index contributed by atoms with van der Waals surface area (Å²) in [6.45, 7) is 5.08. The maximum absolute atomic E-state index is 4.67. The van der Waals surface area contributed by atoms with Crippen molar-refractivity contribution in [2.45, 2.75) is 26.3 Å². The lowest BCUT2D eigenvalue weighted by molar-refractivity contribution is 0.819. The second-order valence-corrected chi connectivity index (χ2v) is 6.01. The zero-order valence-corrected chi connectivity index (χ0v) is 12.6. The molecule has 0 bridgehead atoms. The highest BCUT2D eigenvalue weighted by Crippen LogP contribution is 2.24. The molecular weight excluding hydrogens is 270 g/mol. The molecule has 6 heteroatoms. The van der Waals surface area contributed by atoms with Gasteiger partial charge in [-0.05, 0) is 6.07 Å². The van der Waals surface area contributed by atoms with Crippen LogP contribution in [0.4, 0.5) is 5.82 Å². The number of nitrogens with zero attached hydrogens (tertiary/aromatic N) is 4. The molecule has 3 aromatic heterocycles. The van der Waals surface area contributed by atoms with Gasteiger partial charge in [-0.25, -0.2) is 15.0 Å². The molecule has 3 rings (SSSR count). The lowest BCUT2D eigenvalue weighted by atomic mass is 10.2. The van der Waals surface area contributed by atoms with Crippen LogP contribution in [0.5, 0.6) is 0 Å². The summed E-state index contributed by atoms with van der Waals surface area (Å²) >= 11 is 1.72. The molecule has 0 atom stereocenters. The Morgan fingerprint density at radius 1 is 1.35 bits per heavy atom. The van der Waals surface area contributed by atoms with E-state index >= 15 is 0 Å². The number of rotatable bonds is 4. The van der Waals surface area contributed by atoms with Gasteiger partial charge in [0.1, 0.15) is 17.8 Å². The van der Waals surface area contributed by atoms with Crippen molar-refractivity contribution >= 4 is 28.2 Å². The van der Waals surface area contributed by atoms with Crippen LogP contribution in [-0.4, -0.2) is 27.0 Å². The maximum atomic E-state index is 4.67. The van der Waals surface area contributed by atoms with Gasteiger partial charge in [-0.1, -0.05) is 13.8 Å². The number of thiazole rings is 1. The van der Waals surface area contributed by atoms with Crippen molar-refractivity contribution in [3.8, 4) is 0 Å². The summed E-state index contributed by atoms with van der Waals surface area (Å²) in [7, 11) is 2.03. The van der Waals surface area contributed by atoms with Crippen LogP contribution in [0.15, 0.2) is 24.0 Å². The molecule has 20 heavy (non-hydrogen) atoms. The smallest absolute Gasteiger partial charge is 0.142 e. The molecule has 0 aliphatic carbocycles. The fourth-order valence-corrected chi connectivity index (χ4v) is 2.97. The molecule has 0 saturated heterocycles. The molecule has 3 heterocycles. The van der Waals surface area contributed by atoms with Crippen LogP contribution >= 0.6 is 11.3 Å². The standard InChI is InChI=1S/C14H17N5S/c1-9(2)14-18-10(7-20-14)6-19(3)13-11-4-5-15-12(11)16-8-17-13/h4-5,7-9H,6H2,1-3H3,(H,15,16,17). The van der Waals surface area contributed by atoms with Crippen molar-refractivity contribution in [3.05, 3.63) is 34.7 Å². The summed E-state index contributed by atoms with van der Waals surface area (Å²) in [5.74, 6) is 1.41. The van der Waals surface area contributed by atoms with Gasteiger partial charge in [-0.2, -0.15) is 0 Å². The highest BCUT2D eigenvalue weighted by Gasteiger charge is 2.12. The number of aromatic nitrogens is 4. The summed E-state index contributed by atoms with van der Waals surface area (Å²) in [5.41, 5.74) is 1.95. The highest BCUT2D eigenvalue weighted by atomic mass is 32.1. The molecule has 0 spiro atoms. The molecule has 104 valence electrons. The minimum Gasteiger partial charge on any atom is -0.353 e. The highest BCUT2D eigenvalue weighted by molar-refractivity contribution is 7.09. The molecular formula is C14H17N5S. The van der Waals surface area contributed by atoms with Crippen molar-refractivity contribution in [1.29, 1.82) is 0 Å². The zero-order valence-electron chi connectivity index (χ0n) is 11.8. The molecule has 0 aromatic carbocycles. The predicted octanol–water partition coefficient (Wildman–Crippen LogP) is 3.17. The molecule has 3 aromatic rings. The van der Waals surface area contributed by atoms with Crippen LogP contribution < -0.4 is 4.90 Å². The van der Waals surface area contributed by atoms with E-state index in [2.05, 4.69) is 44.1 Å². The van der Waals surface area contributed by atoms with Crippen LogP contribution in [-0.2, 0) is 6.54 Å². The van der Waals surface area contributed by atoms with Gasteiger partial charge in [0, 0.05) is 24.5 Å². The van der Waals surface area contributed by atoms with Crippen molar-refractivity contribution in [1.82, 2.24) is 19.9 Å². The minimum absolute atomic E-state index is 0.481. The van der Waals surface area contributed by atoms with Gasteiger partial charge >= 0.3 is 0 Å². The van der Waals surface area contributed by atoms with Crippen LogP contribution in [0.3, 0.4) is 0 Å². The van der Waals surface area contributed by atoms with Gasteiger partial charge in [0.2, 0.25) is 0 Å². The van der Waals surface area contributed by atoms with E-state index in [9.17, 15) is 0 Å². The lowest BCUT2D eigenvalue weighted by Crippen LogP contribution is -2.18. The number of nitrogens with one attached hydrogen (secondary N) is 1. The van der Waals surface area contributed by atoms with Crippen LogP contribution in [0.25, 0.3) is 11.0 Å². The summed E-state index contributed by atoms with van der Waals surface area (Å²) in [4.78, 5) is 18.5. The van der Waals surface area contributed by atoms with E-state index in [-0.39, 0.29) is 0 Å². The molecule has 0 amide bonds.